The molecule has 1 saturated carbocycles. The molecule has 106 valence electrons. The highest BCUT2D eigenvalue weighted by molar-refractivity contribution is 5.81. The van der Waals surface area contributed by atoms with E-state index >= 15 is 0 Å². The Kier molecular flexibility index (Phi) is 6.69. The zero-order valence-electron chi connectivity index (χ0n) is 12.2. The molecule has 3 heteroatoms. The molecule has 1 aliphatic rings. The van der Waals surface area contributed by atoms with Crippen molar-refractivity contribution in [2.24, 2.45) is 23.5 Å². The van der Waals surface area contributed by atoms with Crippen molar-refractivity contribution >= 4 is 5.91 Å². The average Bonchev–Trinajstić information content (AvgIpc) is 2.36. The van der Waals surface area contributed by atoms with Gasteiger partial charge in [0.05, 0.1) is 6.04 Å². The Morgan fingerprint density at radius 2 is 1.89 bits per heavy atom. The molecule has 1 aliphatic carbocycles. The second-order valence-electron chi connectivity index (χ2n) is 6.17. The minimum Gasteiger partial charge on any atom is -0.354 e. The average molecular weight is 254 g/mol. The van der Waals surface area contributed by atoms with E-state index in [2.05, 4.69) is 26.1 Å². The normalized spacial score (nSPS) is 26.1. The number of nitrogens with one attached hydrogen (secondary N) is 1. The Labute approximate surface area is 112 Å². The van der Waals surface area contributed by atoms with Crippen LogP contribution in [0.2, 0.25) is 0 Å². The van der Waals surface area contributed by atoms with Gasteiger partial charge in [-0.3, -0.25) is 4.79 Å². The topological polar surface area (TPSA) is 55.1 Å². The molecule has 1 amide bonds. The zero-order chi connectivity index (χ0) is 13.5. The number of rotatable bonds is 6. The summed E-state index contributed by atoms with van der Waals surface area (Å²) in [5.41, 5.74) is 5.79. The van der Waals surface area contributed by atoms with Crippen molar-refractivity contribution in [3.8, 4) is 0 Å². The molecule has 0 saturated heterocycles. The van der Waals surface area contributed by atoms with Crippen LogP contribution in [-0.2, 0) is 4.79 Å². The van der Waals surface area contributed by atoms with Gasteiger partial charge in [-0.2, -0.15) is 0 Å². The van der Waals surface area contributed by atoms with E-state index < -0.39 is 0 Å². The van der Waals surface area contributed by atoms with E-state index in [9.17, 15) is 4.79 Å². The van der Waals surface area contributed by atoms with Gasteiger partial charge in [0.15, 0.2) is 0 Å². The van der Waals surface area contributed by atoms with Crippen molar-refractivity contribution < 1.29 is 4.79 Å². The molecule has 0 aromatic carbocycles. The largest absolute Gasteiger partial charge is 0.354 e. The lowest BCUT2D eigenvalue weighted by Crippen LogP contribution is -2.42. The van der Waals surface area contributed by atoms with Crippen molar-refractivity contribution in [2.45, 2.75) is 65.3 Å². The highest BCUT2D eigenvalue weighted by Crippen LogP contribution is 2.32. The maximum Gasteiger partial charge on any atom is 0.236 e. The van der Waals surface area contributed by atoms with Gasteiger partial charge in [0.2, 0.25) is 5.91 Å². The predicted octanol–water partition coefficient (Wildman–Crippen LogP) is 2.69. The van der Waals surface area contributed by atoms with Crippen molar-refractivity contribution in [1.82, 2.24) is 5.32 Å². The minimum absolute atomic E-state index is 0.0304. The molecule has 0 spiro atoms. The van der Waals surface area contributed by atoms with Crippen molar-refractivity contribution in [3.63, 3.8) is 0 Å². The summed E-state index contributed by atoms with van der Waals surface area (Å²) in [6, 6.07) is -0.318. The number of hydrogen-bond donors (Lipinski definition) is 2. The van der Waals surface area contributed by atoms with Crippen LogP contribution < -0.4 is 11.1 Å². The van der Waals surface area contributed by atoms with E-state index in [1.807, 2.05) is 0 Å². The molecule has 18 heavy (non-hydrogen) atoms. The summed E-state index contributed by atoms with van der Waals surface area (Å²) in [5.74, 6) is 2.39. The van der Waals surface area contributed by atoms with Crippen LogP contribution in [0.3, 0.4) is 0 Å². The Morgan fingerprint density at radius 1 is 1.28 bits per heavy atom. The van der Waals surface area contributed by atoms with Crippen LogP contribution >= 0.6 is 0 Å². The molecular formula is C15H30N2O. The number of amides is 1. The molecule has 0 bridgehead atoms. The first-order valence-electron chi connectivity index (χ1n) is 7.57. The molecule has 3 nitrogen and oxygen atoms in total. The first-order valence-corrected chi connectivity index (χ1v) is 7.57. The van der Waals surface area contributed by atoms with Gasteiger partial charge in [0.25, 0.3) is 0 Å². The summed E-state index contributed by atoms with van der Waals surface area (Å²) in [4.78, 5) is 11.7. The van der Waals surface area contributed by atoms with Crippen LogP contribution in [0.1, 0.15) is 59.3 Å². The number of nitrogens with two attached hydrogens (primary N) is 1. The minimum atomic E-state index is -0.318. The molecule has 0 heterocycles. The number of carbonyl (C=O) groups excluding carboxylic acids is 1. The number of carbonyl (C=O) groups is 1. The maximum absolute atomic E-state index is 11.7. The van der Waals surface area contributed by atoms with E-state index in [-0.39, 0.29) is 11.9 Å². The fourth-order valence-electron chi connectivity index (χ4n) is 2.88. The monoisotopic (exact) mass is 254 g/mol. The Balaban J connectivity index is 2.19. The quantitative estimate of drug-likeness (QED) is 0.765. The molecular weight excluding hydrogens is 224 g/mol. The third-order valence-corrected chi connectivity index (χ3v) is 4.34. The smallest absolute Gasteiger partial charge is 0.236 e. The second-order valence-corrected chi connectivity index (χ2v) is 6.17. The molecule has 1 fully saturated rings. The van der Waals surface area contributed by atoms with Gasteiger partial charge < -0.3 is 11.1 Å². The van der Waals surface area contributed by atoms with E-state index in [4.69, 9.17) is 5.73 Å². The fraction of sp³-hybridized carbons (Fsp3) is 0.933. The van der Waals surface area contributed by atoms with Crippen LogP contribution in [-0.4, -0.2) is 18.5 Å². The zero-order valence-corrected chi connectivity index (χ0v) is 12.2. The Bertz CT molecular complexity index is 245. The molecule has 1 unspecified atom stereocenters. The van der Waals surface area contributed by atoms with E-state index in [1.165, 1.54) is 25.7 Å². The fourth-order valence-corrected chi connectivity index (χ4v) is 2.88. The summed E-state index contributed by atoms with van der Waals surface area (Å²) < 4.78 is 0. The third kappa shape index (κ3) is 4.97. The summed E-state index contributed by atoms with van der Waals surface area (Å²) in [5, 5.41) is 3.02. The van der Waals surface area contributed by atoms with Crippen LogP contribution in [0.25, 0.3) is 0 Å². The lowest BCUT2D eigenvalue weighted by atomic mass is 9.77. The highest BCUT2D eigenvalue weighted by atomic mass is 16.2. The lowest BCUT2D eigenvalue weighted by Gasteiger charge is -2.31. The summed E-state index contributed by atoms with van der Waals surface area (Å²) in [6.07, 6.45) is 6.90. The van der Waals surface area contributed by atoms with E-state index in [1.54, 1.807) is 0 Å². The molecule has 0 aromatic rings. The highest BCUT2D eigenvalue weighted by Gasteiger charge is 2.23. The van der Waals surface area contributed by atoms with E-state index in [0.29, 0.717) is 5.92 Å². The van der Waals surface area contributed by atoms with Crippen LogP contribution in [0, 0.1) is 17.8 Å². The standard InChI is InChI=1S/C15H30N2O/c1-4-5-14(16)15(18)17-10-12-6-8-13(9-7-12)11(2)3/h11-14H,4-10,16H2,1-3H3,(H,17,18). The number of hydrogen-bond acceptors (Lipinski definition) is 2. The molecule has 1 atom stereocenters. The molecule has 0 aliphatic heterocycles. The summed E-state index contributed by atoms with van der Waals surface area (Å²) in [7, 11) is 0. The SMILES string of the molecule is CCCC(N)C(=O)NCC1CCC(C(C)C)CC1. The molecule has 0 aromatic heterocycles. The Morgan fingerprint density at radius 3 is 2.39 bits per heavy atom. The van der Waals surface area contributed by atoms with Gasteiger partial charge in [-0.1, -0.05) is 27.2 Å². The van der Waals surface area contributed by atoms with Gasteiger partial charge in [-0.25, -0.2) is 0 Å². The molecule has 0 radical (unpaired) electrons. The molecule has 1 rings (SSSR count). The van der Waals surface area contributed by atoms with Crippen molar-refractivity contribution in [3.05, 3.63) is 0 Å². The summed E-state index contributed by atoms with van der Waals surface area (Å²) in [6.45, 7) is 7.51. The van der Waals surface area contributed by atoms with Crippen LogP contribution in [0.15, 0.2) is 0 Å². The summed E-state index contributed by atoms with van der Waals surface area (Å²) >= 11 is 0. The van der Waals surface area contributed by atoms with Crippen LogP contribution in [0.5, 0.6) is 0 Å². The van der Waals surface area contributed by atoms with Gasteiger partial charge in [0.1, 0.15) is 0 Å². The van der Waals surface area contributed by atoms with Gasteiger partial charge in [-0.05, 0) is 49.9 Å². The Hall–Kier alpha value is -0.570. The molecule has 3 N–H and O–H groups in total. The van der Waals surface area contributed by atoms with E-state index in [0.717, 1.165) is 31.2 Å². The first kappa shape index (κ1) is 15.5. The van der Waals surface area contributed by atoms with Crippen LogP contribution in [0.4, 0.5) is 0 Å². The third-order valence-electron chi connectivity index (χ3n) is 4.34. The van der Waals surface area contributed by atoms with Gasteiger partial charge >= 0.3 is 0 Å². The van der Waals surface area contributed by atoms with Gasteiger partial charge in [-0.15, -0.1) is 0 Å². The second kappa shape index (κ2) is 7.78. The predicted molar refractivity (Wildman–Crippen MR) is 76.2 cm³/mol. The van der Waals surface area contributed by atoms with Gasteiger partial charge in [0, 0.05) is 6.54 Å². The van der Waals surface area contributed by atoms with Crippen molar-refractivity contribution in [1.29, 1.82) is 0 Å². The first-order chi connectivity index (χ1) is 8.54. The maximum atomic E-state index is 11.7. The lowest BCUT2D eigenvalue weighted by molar-refractivity contribution is -0.122. The van der Waals surface area contributed by atoms with Crippen molar-refractivity contribution in [2.75, 3.05) is 6.54 Å².